The van der Waals surface area contributed by atoms with E-state index >= 15 is 0 Å². The second kappa shape index (κ2) is 15.4. The minimum atomic E-state index is -3.94. The molecule has 1 fully saturated rings. The maximum absolute atomic E-state index is 13.5. The molecule has 46 heavy (non-hydrogen) atoms. The number of methoxy groups -OCH3 is 1. The number of hydrogen-bond acceptors (Lipinski definition) is 7. The second-order valence-corrected chi connectivity index (χ2v) is 15.7. The van der Waals surface area contributed by atoms with Crippen molar-refractivity contribution in [3.05, 3.63) is 58.1 Å². The zero-order valence-electron chi connectivity index (χ0n) is 27.2. The van der Waals surface area contributed by atoms with E-state index in [0.29, 0.717) is 49.3 Å². The molecule has 5 atom stereocenters. The summed E-state index contributed by atoms with van der Waals surface area (Å²) in [6, 6.07) is 11.1. The smallest absolute Gasteiger partial charge is 0.264 e. The van der Waals surface area contributed by atoms with E-state index in [-0.39, 0.29) is 29.2 Å². The van der Waals surface area contributed by atoms with E-state index in [1.807, 2.05) is 25.1 Å². The lowest BCUT2D eigenvalue weighted by Gasteiger charge is -2.44. The lowest BCUT2D eigenvalue weighted by Crippen LogP contribution is -2.47. The molecule has 1 saturated carbocycles. The van der Waals surface area contributed by atoms with Gasteiger partial charge in [-0.2, -0.15) is 0 Å². The Hall–Kier alpha value is -2.82. The summed E-state index contributed by atoms with van der Waals surface area (Å²) in [5.41, 5.74) is 3.27. The summed E-state index contributed by atoms with van der Waals surface area (Å²) in [7, 11) is -2.32. The Labute approximate surface area is 278 Å². The minimum Gasteiger partial charge on any atom is -0.487 e. The Morgan fingerprint density at radius 2 is 1.89 bits per heavy atom. The number of amides is 2. The minimum absolute atomic E-state index is 0.0494. The van der Waals surface area contributed by atoms with Gasteiger partial charge in [-0.1, -0.05) is 31.0 Å². The summed E-state index contributed by atoms with van der Waals surface area (Å²) in [6.07, 6.45) is 6.79. The number of nitrogens with zero attached hydrogens (tertiary/aromatic N) is 1. The molecule has 0 aromatic heterocycles. The topological polar surface area (TPSA) is 114 Å². The van der Waals surface area contributed by atoms with E-state index in [1.165, 1.54) is 5.56 Å². The average Bonchev–Trinajstić information content (AvgIpc) is 3.04. The van der Waals surface area contributed by atoms with Crippen molar-refractivity contribution < 1.29 is 27.5 Å². The van der Waals surface area contributed by atoms with E-state index in [1.54, 1.807) is 32.2 Å². The van der Waals surface area contributed by atoms with Gasteiger partial charge < -0.3 is 19.7 Å². The molecule has 11 heteroatoms. The summed E-state index contributed by atoms with van der Waals surface area (Å²) >= 11 is 6.34. The molecular weight excluding hydrogens is 626 g/mol. The molecule has 2 aliphatic heterocycles. The number of halogens is 1. The van der Waals surface area contributed by atoms with Crippen molar-refractivity contribution >= 4 is 39.1 Å². The third-order valence-corrected chi connectivity index (χ3v) is 12.5. The van der Waals surface area contributed by atoms with Gasteiger partial charge in [-0.25, -0.2) is 13.1 Å². The standard InChI is InChI=1S/C35H48ClN3O6S/c1-23-7-6-9-31(35(41)37-16-18-44-3)30-14-11-27(30)21-39-17-5-4-8-25-19-29(36)13-10-28(25)22-45-33-15-12-26(20-32(33)39)34(40)38-46(42,43)24(23)2/h10,12-13,15,19-20,23-24,27,30-31H,4-9,11,14,16-18,21-22H2,1-3H3,(H,37,41)(H,38,40)/t23-,24+,27-,30+,31+/m0/s1. The first-order valence-electron chi connectivity index (χ1n) is 16.7. The van der Waals surface area contributed by atoms with Crippen LogP contribution < -0.4 is 19.7 Å². The van der Waals surface area contributed by atoms with E-state index in [2.05, 4.69) is 14.9 Å². The highest BCUT2D eigenvalue weighted by Gasteiger charge is 2.41. The summed E-state index contributed by atoms with van der Waals surface area (Å²) in [5, 5.41) is 3.01. The van der Waals surface area contributed by atoms with Gasteiger partial charge in [0.05, 0.1) is 17.5 Å². The average molecular weight is 674 g/mol. The number of sulfonamides is 1. The number of ether oxygens (including phenoxy) is 2. The predicted molar refractivity (Wildman–Crippen MR) is 181 cm³/mol. The lowest BCUT2D eigenvalue weighted by molar-refractivity contribution is -0.129. The Kier molecular flexibility index (Phi) is 11.5. The van der Waals surface area contributed by atoms with Gasteiger partial charge in [0.15, 0.2) is 0 Å². The molecule has 2 aromatic rings. The molecule has 2 amide bonds. The molecule has 2 bridgehead atoms. The molecule has 0 spiro atoms. The summed E-state index contributed by atoms with van der Waals surface area (Å²) in [6.45, 7) is 6.26. The molecule has 0 unspecified atom stereocenters. The van der Waals surface area contributed by atoms with Crippen LogP contribution >= 0.6 is 11.6 Å². The molecule has 2 aromatic carbocycles. The van der Waals surface area contributed by atoms with Crippen molar-refractivity contribution in [1.29, 1.82) is 0 Å². The highest BCUT2D eigenvalue weighted by atomic mass is 35.5. The quantitative estimate of drug-likeness (QED) is 0.398. The van der Waals surface area contributed by atoms with Gasteiger partial charge in [-0.15, -0.1) is 0 Å². The zero-order valence-corrected chi connectivity index (χ0v) is 28.8. The number of anilines is 1. The Bertz CT molecular complexity index is 1500. The molecule has 9 nitrogen and oxygen atoms in total. The van der Waals surface area contributed by atoms with Gasteiger partial charge in [0.1, 0.15) is 12.4 Å². The van der Waals surface area contributed by atoms with Crippen molar-refractivity contribution in [3.63, 3.8) is 0 Å². The molecular formula is C35H48ClN3O6S. The molecule has 2 heterocycles. The third-order valence-electron chi connectivity index (χ3n) is 10.3. The maximum Gasteiger partial charge on any atom is 0.264 e. The first-order chi connectivity index (χ1) is 22.1. The largest absolute Gasteiger partial charge is 0.487 e. The zero-order chi connectivity index (χ0) is 32.8. The maximum atomic E-state index is 13.5. The van der Waals surface area contributed by atoms with Gasteiger partial charge in [-0.05, 0) is 111 Å². The second-order valence-electron chi connectivity index (χ2n) is 13.3. The molecule has 1 aliphatic carbocycles. The van der Waals surface area contributed by atoms with Gasteiger partial charge in [-0.3, -0.25) is 9.59 Å². The van der Waals surface area contributed by atoms with Crippen LogP contribution in [0, 0.1) is 23.7 Å². The van der Waals surface area contributed by atoms with Crippen LogP contribution in [0.3, 0.4) is 0 Å². The first-order valence-corrected chi connectivity index (χ1v) is 18.6. The van der Waals surface area contributed by atoms with Crippen LogP contribution in [0.5, 0.6) is 5.75 Å². The van der Waals surface area contributed by atoms with Crippen LogP contribution in [0.4, 0.5) is 5.69 Å². The van der Waals surface area contributed by atoms with Crippen molar-refractivity contribution in [2.45, 2.75) is 77.1 Å². The normalized spacial score (nSPS) is 27.0. The number of hydrogen-bond donors (Lipinski definition) is 2. The first kappa shape index (κ1) is 34.5. The van der Waals surface area contributed by atoms with Crippen LogP contribution in [0.15, 0.2) is 36.4 Å². The van der Waals surface area contributed by atoms with E-state index in [4.69, 9.17) is 21.1 Å². The monoisotopic (exact) mass is 673 g/mol. The fourth-order valence-corrected chi connectivity index (χ4v) is 8.65. The molecule has 0 saturated heterocycles. The Morgan fingerprint density at radius 1 is 1.07 bits per heavy atom. The number of benzene rings is 2. The van der Waals surface area contributed by atoms with Gasteiger partial charge in [0.2, 0.25) is 15.9 Å². The van der Waals surface area contributed by atoms with Crippen molar-refractivity contribution in [2.75, 3.05) is 38.3 Å². The molecule has 3 aliphatic rings. The van der Waals surface area contributed by atoms with Gasteiger partial charge in [0.25, 0.3) is 5.91 Å². The molecule has 2 N–H and O–H groups in total. The summed E-state index contributed by atoms with van der Waals surface area (Å²) in [4.78, 5) is 29.3. The van der Waals surface area contributed by atoms with Gasteiger partial charge >= 0.3 is 0 Å². The number of aryl methyl sites for hydroxylation is 1. The van der Waals surface area contributed by atoms with Crippen molar-refractivity contribution in [1.82, 2.24) is 10.0 Å². The highest BCUT2D eigenvalue weighted by molar-refractivity contribution is 7.90. The van der Waals surface area contributed by atoms with Crippen LogP contribution in [-0.4, -0.2) is 58.8 Å². The Balaban J connectivity index is 1.52. The lowest BCUT2D eigenvalue weighted by atomic mass is 9.65. The summed E-state index contributed by atoms with van der Waals surface area (Å²) in [5.74, 6) is 0.205. The highest BCUT2D eigenvalue weighted by Crippen LogP contribution is 2.44. The van der Waals surface area contributed by atoms with E-state index in [9.17, 15) is 18.0 Å². The van der Waals surface area contributed by atoms with Crippen LogP contribution in [-0.2, 0) is 32.6 Å². The summed E-state index contributed by atoms with van der Waals surface area (Å²) < 4.78 is 40.6. The number of nitrogens with one attached hydrogen (secondary N) is 2. The number of rotatable bonds is 4. The Morgan fingerprint density at radius 3 is 2.65 bits per heavy atom. The van der Waals surface area contributed by atoms with Crippen molar-refractivity contribution in [3.8, 4) is 5.75 Å². The number of carbonyl (C=O) groups is 2. The van der Waals surface area contributed by atoms with Crippen molar-refractivity contribution in [2.24, 2.45) is 23.7 Å². The number of carbonyl (C=O) groups excluding carboxylic acids is 2. The van der Waals surface area contributed by atoms with Crippen LogP contribution in [0.25, 0.3) is 0 Å². The fourth-order valence-electron chi connectivity index (χ4n) is 7.14. The van der Waals surface area contributed by atoms with Crippen LogP contribution in [0.2, 0.25) is 5.02 Å². The number of fused-ring (bicyclic) bond motifs is 3. The van der Waals surface area contributed by atoms with E-state index in [0.717, 1.165) is 62.9 Å². The molecule has 5 rings (SSSR count). The fraction of sp³-hybridized carbons (Fsp3) is 0.600. The van der Waals surface area contributed by atoms with Crippen LogP contribution in [0.1, 0.15) is 80.3 Å². The van der Waals surface area contributed by atoms with E-state index < -0.39 is 21.2 Å². The van der Waals surface area contributed by atoms with Gasteiger partial charge in [0, 0.05) is 43.2 Å². The molecule has 252 valence electrons. The SMILES string of the molecule is COCCNC(=O)[C@@H]1CCC[C@H](C)[C@@H](C)S(=O)(=O)NC(=O)c2ccc3c(c2)N(CCCCc2cc(Cl)ccc2CO3)C[C@@H]2CC[C@H]21. The molecule has 0 radical (unpaired) electrons. The third kappa shape index (κ3) is 8.17. The predicted octanol–water partition coefficient (Wildman–Crippen LogP) is 5.73.